The lowest BCUT2D eigenvalue weighted by molar-refractivity contribution is 0.0680. The molecule has 0 radical (unpaired) electrons. The van der Waals surface area contributed by atoms with Crippen LogP contribution in [-0.2, 0) is 0 Å². The van der Waals surface area contributed by atoms with Crippen molar-refractivity contribution in [2.75, 3.05) is 0 Å². The summed E-state index contributed by atoms with van der Waals surface area (Å²) in [7, 11) is 0. The molecule has 3 rings (SSSR count). The minimum atomic E-state index is -1.22. The first-order valence-corrected chi connectivity index (χ1v) is 5.24. The van der Waals surface area contributed by atoms with Gasteiger partial charge in [0.05, 0.1) is 0 Å². The van der Waals surface area contributed by atoms with E-state index < -0.39 is 5.97 Å². The highest BCUT2D eigenvalue weighted by Gasteiger charge is 2.18. The summed E-state index contributed by atoms with van der Waals surface area (Å²) in [5, 5.41) is 20.5. The average molecular weight is 265 g/mol. The third kappa shape index (κ3) is 1.61. The number of carboxylic acids is 1. The number of halogens is 1. The van der Waals surface area contributed by atoms with Gasteiger partial charge in [-0.05, 0) is 24.3 Å². The van der Waals surface area contributed by atoms with Crippen molar-refractivity contribution in [3.63, 3.8) is 0 Å². The van der Waals surface area contributed by atoms with Crippen molar-refractivity contribution in [3.8, 4) is 11.5 Å². The second-order valence-electron chi connectivity index (χ2n) is 3.44. The molecule has 0 amide bonds. The quantitative estimate of drug-likeness (QED) is 0.758. The second kappa shape index (κ2) is 3.81. The van der Waals surface area contributed by atoms with Crippen molar-refractivity contribution < 1.29 is 14.3 Å². The number of fused-ring (bicyclic) bond motifs is 1. The summed E-state index contributed by atoms with van der Waals surface area (Å²) in [5.41, 5.74) is 0.668. The van der Waals surface area contributed by atoms with Crippen molar-refractivity contribution in [3.05, 3.63) is 35.1 Å². The van der Waals surface area contributed by atoms with Gasteiger partial charge in [-0.1, -0.05) is 16.7 Å². The Morgan fingerprint density at radius 2 is 2.00 bits per heavy atom. The Balaban J connectivity index is 2.13. The lowest BCUT2D eigenvalue weighted by Gasteiger charge is -1.93. The first kappa shape index (κ1) is 10.7. The fourth-order valence-corrected chi connectivity index (χ4v) is 1.59. The molecule has 0 fully saturated rings. The van der Waals surface area contributed by atoms with Crippen LogP contribution in [0.15, 0.2) is 28.7 Å². The van der Waals surface area contributed by atoms with Gasteiger partial charge < -0.3 is 9.52 Å². The molecule has 7 nitrogen and oxygen atoms in total. The molecule has 3 aromatic rings. The zero-order valence-corrected chi connectivity index (χ0v) is 9.50. The van der Waals surface area contributed by atoms with Crippen molar-refractivity contribution in [1.29, 1.82) is 0 Å². The van der Waals surface area contributed by atoms with Crippen LogP contribution in [0, 0.1) is 0 Å². The lowest BCUT2D eigenvalue weighted by atomic mass is 10.2. The van der Waals surface area contributed by atoms with Crippen LogP contribution in [0.3, 0.4) is 0 Å². The summed E-state index contributed by atoms with van der Waals surface area (Å²) in [5.74, 6) is -1.25. The summed E-state index contributed by atoms with van der Waals surface area (Å²) >= 11 is 5.77. The molecule has 18 heavy (non-hydrogen) atoms. The lowest BCUT2D eigenvalue weighted by Crippen LogP contribution is -2.04. The third-order valence-corrected chi connectivity index (χ3v) is 2.53. The summed E-state index contributed by atoms with van der Waals surface area (Å²) in [6.07, 6.45) is 0. The van der Waals surface area contributed by atoms with Crippen LogP contribution in [0.2, 0.25) is 5.02 Å². The summed E-state index contributed by atoms with van der Waals surface area (Å²) in [6.45, 7) is 0. The van der Waals surface area contributed by atoms with Crippen LogP contribution >= 0.6 is 11.6 Å². The van der Waals surface area contributed by atoms with Gasteiger partial charge in [0.2, 0.25) is 5.89 Å². The van der Waals surface area contributed by atoms with Crippen LogP contribution in [0.4, 0.5) is 0 Å². The van der Waals surface area contributed by atoms with Gasteiger partial charge >= 0.3 is 11.8 Å². The van der Waals surface area contributed by atoms with E-state index in [1.807, 2.05) is 0 Å². The average Bonchev–Trinajstić information content (AvgIpc) is 2.88. The van der Waals surface area contributed by atoms with Crippen LogP contribution in [-0.4, -0.2) is 30.9 Å². The zero-order valence-electron chi connectivity index (χ0n) is 8.74. The molecule has 0 bridgehead atoms. The highest BCUT2D eigenvalue weighted by Crippen LogP contribution is 2.21. The molecule has 90 valence electrons. The predicted molar refractivity (Wildman–Crippen MR) is 60.5 cm³/mol. The van der Waals surface area contributed by atoms with Gasteiger partial charge in [-0.2, -0.15) is 4.52 Å². The number of carbonyl (C=O) groups is 1. The molecule has 0 unspecified atom stereocenters. The van der Waals surface area contributed by atoms with E-state index in [2.05, 4.69) is 15.3 Å². The predicted octanol–water partition coefficient (Wildman–Crippen LogP) is 1.74. The Morgan fingerprint density at radius 1 is 1.28 bits per heavy atom. The van der Waals surface area contributed by atoms with Gasteiger partial charge in [0, 0.05) is 10.6 Å². The third-order valence-electron chi connectivity index (χ3n) is 2.27. The number of aromatic nitrogens is 4. The van der Waals surface area contributed by atoms with E-state index in [1.54, 1.807) is 24.3 Å². The molecule has 0 aliphatic rings. The Kier molecular flexibility index (Phi) is 2.27. The summed E-state index contributed by atoms with van der Waals surface area (Å²) < 4.78 is 6.33. The first-order chi connectivity index (χ1) is 8.65. The number of carboxylic acid groups (broad SMARTS) is 1. The maximum Gasteiger partial charge on any atom is 0.376 e. The highest BCUT2D eigenvalue weighted by atomic mass is 35.5. The molecule has 0 atom stereocenters. The molecule has 0 aliphatic carbocycles. The van der Waals surface area contributed by atoms with Crippen molar-refractivity contribution >= 4 is 23.4 Å². The van der Waals surface area contributed by atoms with Gasteiger partial charge in [0.15, 0.2) is 0 Å². The maximum absolute atomic E-state index is 10.8. The minimum Gasteiger partial charge on any atom is -0.475 e. The van der Waals surface area contributed by atoms with E-state index in [0.29, 0.717) is 10.6 Å². The van der Waals surface area contributed by atoms with E-state index in [1.165, 1.54) is 0 Å². The van der Waals surface area contributed by atoms with Gasteiger partial charge in [0.25, 0.3) is 5.82 Å². The summed E-state index contributed by atoms with van der Waals surface area (Å²) in [6, 6.07) is 6.78. The zero-order chi connectivity index (χ0) is 12.7. The maximum atomic E-state index is 10.8. The fourth-order valence-electron chi connectivity index (χ4n) is 1.46. The number of benzene rings is 1. The van der Waals surface area contributed by atoms with Gasteiger partial charge in [-0.3, -0.25) is 0 Å². The standard InChI is InChI=1S/C10H5ClN4O3/c11-6-3-1-5(2-4-6)8-14-15-7(9(16)17)12-13-10(15)18-8/h1-4H,(H,16,17). The van der Waals surface area contributed by atoms with E-state index in [4.69, 9.17) is 21.1 Å². The van der Waals surface area contributed by atoms with E-state index >= 15 is 0 Å². The monoisotopic (exact) mass is 264 g/mol. The van der Waals surface area contributed by atoms with Crippen molar-refractivity contribution in [1.82, 2.24) is 19.8 Å². The number of hydrogen-bond donors (Lipinski definition) is 1. The van der Waals surface area contributed by atoms with Crippen LogP contribution in [0.1, 0.15) is 10.6 Å². The van der Waals surface area contributed by atoms with E-state index in [0.717, 1.165) is 4.52 Å². The van der Waals surface area contributed by atoms with Crippen molar-refractivity contribution in [2.45, 2.75) is 0 Å². The van der Waals surface area contributed by atoms with E-state index in [-0.39, 0.29) is 17.6 Å². The van der Waals surface area contributed by atoms with Gasteiger partial charge in [-0.15, -0.1) is 10.2 Å². The molecule has 1 aromatic carbocycles. The van der Waals surface area contributed by atoms with Crippen LogP contribution in [0.25, 0.3) is 17.3 Å². The Bertz CT molecular complexity index is 731. The number of hydrogen-bond acceptors (Lipinski definition) is 5. The molecule has 0 saturated heterocycles. The molecule has 2 aromatic heterocycles. The molecule has 1 N–H and O–H groups in total. The number of aromatic carboxylic acids is 1. The topological polar surface area (TPSA) is 93.5 Å². The highest BCUT2D eigenvalue weighted by molar-refractivity contribution is 6.30. The number of nitrogens with zero attached hydrogens (tertiary/aromatic N) is 4. The second-order valence-corrected chi connectivity index (χ2v) is 3.87. The smallest absolute Gasteiger partial charge is 0.376 e. The summed E-state index contributed by atoms with van der Waals surface area (Å²) in [4.78, 5) is 10.8. The Labute approximate surface area is 105 Å². The molecule has 0 spiro atoms. The molecular weight excluding hydrogens is 260 g/mol. The fraction of sp³-hybridized carbons (Fsp3) is 0. The van der Waals surface area contributed by atoms with Crippen LogP contribution in [0.5, 0.6) is 0 Å². The molecule has 0 aliphatic heterocycles. The molecule has 8 heteroatoms. The van der Waals surface area contributed by atoms with E-state index in [9.17, 15) is 4.79 Å². The molecule has 0 saturated carbocycles. The SMILES string of the molecule is O=C(O)c1nnc2oc(-c3ccc(Cl)cc3)nn12. The number of rotatable bonds is 2. The van der Waals surface area contributed by atoms with Gasteiger partial charge in [0.1, 0.15) is 0 Å². The van der Waals surface area contributed by atoms with Crippen LogP contribution < -0.4 is 0 Å². The Hall–Kier alpha value is -2.41. The largest absolute Gasteiger partial charge is 0.475 e. The normalized spacial score (nSPS) is 10.9. The Morgan fingerprint density at radius 3 is 2.67 bits per heavy atom. The first-order valence-electron chi connectivity index (χ1n) is 4.86. The minimum absolute atomic E-state index is 0.0253. The molecule has 2 heterocycles. The molecular formula is C10H5ClN4O3. The van der Waals surface area contributed by atoms with Crippen molar-refractivity contribution in [2.24, 2.45) is 0 Å². The van der Waals surface area contributed by atoms with Gasteiger partial charge in [-0.25, -0.2) is 4.79 Å².